The molecule has 0 unspecified atom stereocenters. The van der Waals surface area contributed by atoms with Crippen molar-refractivity contribution in [1.82, 2.24) is 24.4 Å². The Morgan fingerprint density at radius 3 is 2.68 bits per heavy atom. The number of hydrogen-bond acceptors (Lipinski definition) is 4. The molecule has 0 amide bonds. The number of nitrogens with one attached hydrogen (secondary N) is 1. The van der Waals surface area contributed by atoms with E-state index in [4.69, 9.17) is 0 Å². The van der Waals surface area contributed by atoms with E-state index < -0.39 is 0 Å². The number of nitrogens with zero attached hydrogens (tertiary/aromatic N) is 5. The maximum absolute atomic E-state index is 4.55. The predicted molar refractivity (Wildman–Crippen MR) is 98.1 cm³/mol. The van der Waals surface area contributed by atoms with Crippen LogP contribution in [0.25, 0.3) is 11.3 Å². The van der Waals surface area contributed by atoms with E-state index in [1.807, 2.05) is 59.6 Å². The second-order valence-electron chi connectivity index (χ2n) is 6.21. The molecule has 0 bridgehead atoms. The summed E-state index contributed by atoms with van der Waals surface area (Å²) in [6, 6.07) is 14.3. The minimum atomic E-state index is 0.0786. The van der Waals surface area contributed by atoms with Gasteiger partial charge in [0.25, 0.3) is 0 Å². The third kappa shape index (κ3) is 2.87. The third-order valence-electron chi connectivity index (χ3n) is 4.20. The number of anilines is 1. The van der Waals surface area contributed by atoms with Gasteiger partial charge in [0.2, 0.25) is 0 Å². The van der Waals surface area contributed by atoms with Crippen molar-refractivity contribution >= 4 is 11.5 Å². The monoisotopic (exact) mass is 332 g/mol. The molecule has 4 aromatic rings. The van der Waals surface area contributed by atoms with Gasteiger partial charge in [0.05, 0.1) is 17.4 Å². The third-order valence-corrected chi connectivity index (χ3v) is 4.20. The van der Waals surface area contributed by atoms with E-state index in [0.717, 1.165) is 34.1 Å². The Kier molecular flexibility index (Phi) is 3.72. The highest BCUT2D eigenvalue weighted by atomic mass is 15.3. The molecule has 0 fully saturated rings. The number of para-hydroxylation sites is 1. The molecule has 0 aliphatic rings. The fraction of sp³-hybridized carbons (Fsp3) is 0.211. The van der Waals surface area contributed by atoms with Crippen molar-refractivity contribution in [3.8, 4) is 5.69 Å². The lowest BCUT2D eigenvalue weighted by Gasteiger charge is -2.19. The van der Waals surface area contributed by atoms with E-state index in [0.29, 0.717) is 0 Å². The number of fused-ring (bicyclic) bond motifs is 1. The molecule has 6 heteroatoms. The summed E-state index contributed by atoms with van der Waals surface area (Å²) in [5.74, 6) is 0.929. The number of benzene rings is 1. The van der Waals surface area contributed by atoms with Crippen LogP contribution in [0.4, 0.5) is 5.82 Å². The molecule has 1 aromatic carbocycles. The molecule has 0 aliphatic heterocycles. The first-order valence-electron chi connectivity index (χ1n) is 8.31. The van der Waals surface area contributed by atoms with Crippen LogP contribution >= 0.6 is 0 Å². The SMILES string of the molecule is Cc1cc(N[C@H](C)c2ccccc2-n2cccn2)n2nc(C)cc2n1. The Morgan fingerprint density at radius 2 is 1.88 bits per heavy atom. The molecule has 0 spiro atoms. The average molecular weight is 332 g/mol. The molecule has 4 rings (SSSR count). The average Bonchev–Trinajstić information content (AvgIpc) is 3.23. The van der Waals surface area contributed by atoms with E-state index in [1.165, 1.54) is 0 Å². The normalized spacial score (nSPS) is 12.4. The molecule has 0 radical (unpaired) electrons. The summed E-state index contributed by atoms with van der Waals surface area (Å²) in [5.41, 5.74) is 4.99. The second-order valence-corrected chi connectivity index (χ2v) is 6.21. The van der Waals surface area contributed by atoms with E-state index in [1.54, 1.807) is 6.20 Å². The Labute approximate surface area is 146 Å². The van der Waals surface area contributed by atoms with Gasteiger partial charge < -0.3 is 5.32 Å². The first-order valence-corrected chi connectivity index (χ1v) is 8.31. The highest BCUT2D eigenvalue weighted by Crippen LogP contribution is 2.25. The molecule has 3 heterocycles. The maximum Gasteiger partial charge on any atom is 0.157 e. The summed E-state index contributed by atoms with van der Waals surface area (Å²) in [6.45, 7) is 6.11. The number of aromatic nitrogens is 5. The fourth-order valence-corrected chi connectivity index (χ4v) is 3.09. The zero-order chi connectivity index (χ0) is 17.4. The van der Waals surface area contributed by atoms with Crippen molar-refractivity contribution in [2.75, 3.05) is 5.32 Å². The van der Waals surface area contributed by atoms with Crippen LogP contribution in [-0.2, 0) is 0 Å². The van der Waals surface area contributed by atoms with Gasteiger partial charge in [-0.2, -0.15) is 14.7 Å². The van der Waals surface area contributed by atoms with Crippen LogP contribution in [0.3, 0.4) is 0 Å². The molecule has 126 valence electrons. The van der Waals surface area contributed by atoms with Gasteiger partial charge in [-0.1, -0.05) is 18.2 Å². The zero-order valence-electron chi connectivity index (χ0n) is 14.5. The van der Waals surface area contributed by atoms with Gasteiger partial charge in [-0.25, -0.2) is 9.67 Å². The van der Waals surface area contributed by atoms with Gasteiger partial charge >= 0.3 is 0 Å². The summed E-state index contributed by atoms with van der Waals surface area (Å²) in [7, 11) is 0. The summed E-state index contributed by atoms with van der Waals surface area (Å²) in [6.07, 6.45) is 3.74. The predicted octanol–water partition coefficient (Wildman–Crippen LogP) is 3.70. The molecule has 3 aromatic heterocycles. The fourth-order valence-electron chi connectivity index (χ4n) is 3.09. The standard InChI is InChI=1S/C19H20N6/c1-13-11-19(25-18(21-13)12-14(2)23-25)22-15(3)16-7-4-5-8-17(16)24-10-6-9-20-24/h4-12,15,22H,1-3H3/t15-/m1/s1. The van der Waals surface area contributed by atoms with Gasteiger partial charge in [0.1, 0.15) is 5.82 Å². The van der Waals surface area contributed by atoms with Crippen molar-refractivity contribution in [2.45, 2.75) is 26.8 Å². The van der Waals surface area contributed by atoms with Crippen LogP contribution < -0.4 is 5.32 Å². The highest BCUT2D eigenvalue weighted by Gasteiger charge is 2.14. The topological polar surface area (TPSA) is 60.0 Å². The Bertz CT molecular complexity index is 1020. The van der Waals surface area contributed by atoms with Crippen LogP contribution in [0.15, 0.2) is 54.9 Å². The van der Waals surface area contributed by atoms with Gasteiger partial charge in [0.15, 0.2) is 5.65 Å². The first kappa shape index (κ1) is 15.4. The molecular weight excluding hydrogens is 312 g/mol. The summed E-state index contributed by atoms with van der Waals surface area (Å²) >= 11 is 0. The summed E-state index contributed by atoms with van der Waals surface area (Å²) in [4.78, 5) is 4.54. The Morgan fingerprint density at radius 1 is 1.04 bits per heavy atom. The van der Waals surface area contributed by atoms with Gasteiger partial charge in [-0.05, 0) is 38.5 Å². The van der Waals surface area contributed by atoms with E-state index in [2.05, 4.69) is 39.6 Å². The van der Waals surface area contributed by atoms with Crippen LogP contribution in [0.1, 0.15) is 29.9 Å². The van der Waals surface area contributed by atoms with Crippen LogP contribution in [0.2, 0.25) is 0 Å². The van der Waals surface area contributed by atoms with Crippen molar-refractivity contribution < 1.29 is 0 Å². The smallest absolute Gasteiger partial charge is 0.157 e. The number of hydrogen-bond donors (Lipinski definition) is 1. The van der Waals surface area contributed by atoms with Crippen molar-refractivity contribution in [2.24, 2.45) is 0 Å². The lowest BCUT2D eigenvalue weighted by molar-refractivity contribution is 0.800. The zero-order valence-corrected chi connectivity index (χ0v) is 14.5. The van der Waals surface area contributed by atoms with Crippen molar-refractivity contribution in [3.05, 3.63) is 71.8 Å². The molecule has 6 nitrogen and oxygen atoms in total. The highest BCUT2D eigenvalue weighted by molar-refractivity contribution is 5.53. The first-order chi connectivity index (χ1) is 12.1. The summed E-state index contributed by atoms with van der Waals surface area (Å²) in [5, 5.41) is 12.5. The van der Waals surface area contributed by atoms with Gasteiger partial charge in [-0.15, -0.1) is 0 Å². The minimum absolute atomic E-state index is 0.0786. The lowest BCUT2D eigenvalue weighted by Crippen LogP contribution is -2.14. The van der Waals surface area contributed by atoms with Crippen LogP contribution in [0.5, 0.6) is 0 Å². The van der Waals surface area contributed by atoms with E-state index in [-0.39, 0.29) is 6.04 Å². The van der Waals surface area contributed by atoms with E-state index >= 15 is 0 Å². The van der Waals surface area contributed by atoms with Gasteiger partial charge in [0, 0.05) is 30.2 Å². The Balaban J connectivity index is 1.73. The maximum atomic E-state index is 4.55. The van der Waals surface area contributed by atoms with Crippen molar-refractivity contribution in [3.63, 3.8) is 0 Å². The molecule has 1 N–H and O–H groups in total. The molecule has 0 aliphatic carbocycles. The lowest BCUT2D eigenvalue weighted by atomic mass is 10.1. The molecule has 25 heavy (non-hydrogen) atoms. The summed E-state index contributed by atoms with van der Waals surface area (Å²) < 4.78 is 3.74. The molecule has 0 saturated carbocycles. The minimum Gasteiger partial charge on any atom is -0.363 e. The van der Waals surface area contributed by atoms with E-state index in [9.17, 15) is 0 Å². The van der Waals surface area contributed by atoms with Crippen molar-refractivity contribution in [1.29, 1.82) is 0 Å². The number of aryl methyl sites for hydroxylation is 2. The van der Waals surface area contributed by atoms with Gasteiger partial charge in [-0.3, -0.25) is 0 Å². The quantitative estimate of drug-likeness (QED) is 0.619. The molecular formula is C19H20N6. The van der Waals surface area contributed by atoms with Crippen LogP contribution in [0, 0.1) is 13.8 Å². The van der Waals surface area contributed by atoms with Crippen LogP contribution in [-0.4, -0.2) is 24.4 Å². The number of rotatable bonds is 4. The molecule has 0 saturated heterocycles. The molecule has 1 atom stereocenters. The second kappa shape index (κ2) is 6.05. The Hall–Kier alpha value is -3.15. The largest absolute Gasteiger partial charge is 0.363 e.